The van der Waals surface area contributed by atoms with Crippen molar-refractivity contribution in [2.75, 3.05) is 25.1 Å². The van der Waals surface area contributed by atoms with Crippen LogP contribution in [0, 0.1) is 0 Å². The van der Waals surface area contributed by atoms with E-state index < -0.39 is 0 Å². The molecule has 1 N–H and O–H groups in total. The molecule has 0 spiro atoms. The molecule has 5 nitrogen and oxygen atoms in total. The summed E-state index contributed by atoms with van der Waals surface area (Å²) in [6, 6.07) is 1.91. The van der Waals surface area contributed by atoms with Gasteiger partial charge in [0.15, 0.2) is 0 Å². The Morgan fingerprint density at radius 2 is 2.05 bits per heavy atom. The van der Waals surface area contributed by atoms with Gasteiger partial charge in [-0.25, -0.2) is 4.98 Å². The second kappa shape index (κ2) is 7.77. The minimum Gasteiger partial charge on any atom is -0.478 e. The molecule has 2 heterocycles. The van der Waals surface area contributed by atoms with Crippen molar-refractivity contribution in [3.63, 3.8) is 0 Å². The molecule has 1 aliphatic heterocycles. The van der Waals surface area contributed by atoms with E-state index >= 15 is 0 Å². The Bertz CT molecular complexity index is 469. The van der Waals surface area contributed by atoms with Crippen molar-refractivity contribution in [1.82, 2.24) is 9.97 Å². The maximum absolute atomic E-state index is 5.66. The number of rotatable bonds is 6. The first kappa shape index (κ1) is 15.5. The Hall–Kier alpha value is -1.36. The van der Waals surface area contributed by atoms with Crippen molar-refractivity contribution in [2.45, 2.75) is 63.9 Å². The lowest BCUT2D eigenvalue weighted by Crippen LogP contribution is -2.20. The van der Waals surface area contributed by atoms with Crippen LogP contribution in [0.1, 0.15) is 63.6 Å². The second-order valence-corrected chi connectivity index (χ2v) is 6.23. The Morgan fingerprint density at radius 3 is 2.77 bits per heavy atom. The highest BCUT2D eigenvalue weighted by atomic mass is 16.5. The SMILES string of the molecule is CCOc1cc(NCC2CCCO2)nc(C2CCCCC2)n1. The molecule has 3 rings (SSSR count). The van der Waals surface area contributed by atoms with Crippen LogP contribution in [0.2, 0.25) is 0 Å². The third kappa shape index (κ3) is 4.09. The first-order valence-electron chi connectivity index (χ1n) is 8.72. The summed E-state index contributed by atoms with van der Waals surface area (Å²) in [6.07, 6.45) is 8.90. The van der Waals surface area contributed by atoms with Crippen LogP contribution in [0.15, 0.2) is 6.07 Å². The van der Waals surface area contributed by atoms with Crippen molar-refractivity contribution in [1.29, 1.82) is 0 Å². The fourth-order valence-corrected chi connectivity index (χ4v) is 3.32. The Kier molecular flexibility index (Phi) is 5.48. The highest BCUT2D eigenvalue weighted by Gasteiger charge is 2.20. The molecule has 0 bridgehead atoms. The molecule has 1 aromatic rings. The van der Waals surface area contributed by atoms with Crippen LogP contribution < -0.4 is 10.1 Å². The number of nitrogens with one attached hydrogen (secondary N) is 1. The summed E-state index contributed by atoms with van der Waals surface area (Å²) < 4.78 is 11.3. The third-order valence-electron chi connectivity index (χ3n) is 4.52. The Balaban J connectivity index is 1.70. The maximum atomic E-state index is 5.66. The molecular weight excluding hydrogens is 278 g/mol. The summed E-state index contributed by atoms with van der Waals surface area (Å²) in [5.74, 6) is 2.99. The predicted molar refractivity (Wildman–Crippen MR) is 86.5 cm³/mol. The standard InChI is InChI=1S/C17H27N3O2/c1-2-21-16-11-15(18-12-14-9-6-10-22-14)19-17(20-16)13-7-4-3-5-8-13/h11,13-14H,2-10,12H2,1H3,(H,18,19,20). The van der Waals surface area contributed by atoms with E-state index in [0.717, 1.165) is 37.6 Å². The van der Waals surface area contributed by atoms with Crippen LogP contribution in [0.25, 0.3) is 0 Å². The highest BCUT2D eigenvalue weighted by Crippen LogP contribution is 2.32. The molecule has 1 aliphatic carbocycles. The first-order chi connectivity index (χ1) is 10.8. The smallest absolute Gasteiger partial charge is 0.218 e. The highest BCUT2D eigenvalue weighted by molar-refractivity contribution is 5.39. The zero-order valence-corrected chi connectivity index (χ0v) is 13.5. The predicted octanol–water partition coefficient (Wildman–Crippen LogP) is 3.51. The van der Waals surface area contributed by atoms with Crippen LogP contribution in [-0.2, 0) is 4.74 Å². The minimum absolute atomic E-state index is 0.309. The molecule has 0 aromatic carbocycles. The van der Waals surface area contributed by atoms with Gasteiger partial charge in [0.25, 0.3) is 0 Å². The monoisotopic (exact) mass is 305 g/mol. The van der Waals surface area contributed by atoms with E-state index in [1.54, 1.807) is 0 Å². The van der Waals surface area contributed by atoms with Crippen LogP contribution in [-0.4, -0.2) is 35.8 Å². The lowest BCUT2D eigenvalue weighted by molar-refractivity contribution is 0.120. The van der Waals surface area contributed by atoms with Gasteiger partial charge < -0.3 is 14.8 Å². The Labute approximate surface area is 132 Å². The molecule has 1 atom stereocenters. The summed E-state index contributed by atoms with van der Waals surface area (Å²) >= 11 is 0. The molecule has 5 heteroatoms. The number of anilines is 1. The van der Waals surface area contributed by atoms with E-state index in [2.05, 4.69) is 10.3 Å². The molecule has 22 heavy (non-hydrogen) atoms. The number of nitrogens with zero attached hydrogens (tertiary/aromatic N) is 2. The van der Waals surface area contributed by atoms with E-state index in [1.807, 2.05) is 13.0 Å². The molecular formula is C17H27N3O2. The van der Waals surface area contributed by atoms with Crippen molar-refractivity contribution in [3.8, 4) is 5.88 Å². The third-order valence-corrected chi connectivity index (χ3v) is 4.52. The van der Waals surface area contributed by atoms with Gasteiger partial charge in [-0.3, -0.25) is 0 Å². The molecule has 1 saturated heterocycles. The summed E-state index contributed by atoms with van der Waals surface area (Å²) in [5.41, 5.74) is 0. The van der Waals surface area contributed by atoms with Gasteiger partial charge in [0.2, 0.25) is 5.88 Å². The van der Waals surface area contributed by atoms with Gasteiger partial charge in [-0.1, -0.05) is 19.3 Å². The van der Waals surface area contributed by atoms with Crippen molar-refractivity contribution >= 4 is 5.82 Å². The maximum Gasteiger partial charge on any atom is 0.218 e. The van der Waals surface area contributed by atoms with Gasteiger partial charge in [-0.05, 0) is 32.6 Å². The van der Waals surface area contributed by atoms with Crippen LogP contribution in [0.5, 0.6) is 5.88 Å². The molecule has 1 aromatic heterocycles. The van der Waals surface area contributed by atoms with Crippen LogP contribution >= 0.6 is 0 Å². The van der Waals surface area contributed by atoms with E-state index in [4.69, 9.17) is 14.5 Å². The van der Waals surface area contributed by atoms with E-state index in [1.165, 1.54) is 32.1 Å². The summed E-state index contributed by atoms with van der Waals surface area (Å²) in [6.45, 7) is 4.31. The molecule has 0 radical (unpaired) electrons. The Morgan fingerprint density at radius 1 is 1.18 bits per heavy atom. The first-order valence-corrected chi connectivity index (χ1v) is 8.72. The van der Waals surface area contributed by atoms with Gasteiger partial charge >= 0.3 is 0 Å². The largest absolute Gasteiger partial charge is 0.478 e. The summed E-state index contributed by atoms with van der Waals surface area (Å²) in [5, 5.41) is 3.41. The van der Waals surface area contributed by atoms with E-state index in [0.29, 0.717) is 24.5 Å². The minimum atomic E-state index is 0.309. The number of ether oxygens (including phenoxy) is 2. The number of aromatic nitrogens is 2. The van der Waals surface area contributed by atoms with Gasteiger partial charge in [0, 0.05) is 25.1 Å². The molecule has 1 saturated carbocycles. The normalized spacial score (nSPS) is 22.7. The molecule has 2 aliphatic rings. The number of hydrogen-bond donors (Lipinski definition) is 1. The second-order valence-electron chi connectivity index (χ2n) is 6.23. The molecule has 0 amide bonds. The molecule has 122 valence electrons. The molecule has 2 fully saturated rings. The van der Waals surface area contributed by atoms with Crippen LogP contribution in [0.3, 0.4) is 0 Å². The number of hydrogen-bond acceptors (Lipinski definition) is 5. The topological polar surface area (TPSA) is 56.3 Å². The average molecular weight is 305 g/mol. The fourth-order valence-electron chi connectivity index (χ4n) is 3.32. The van der Waals surface area contributed by atoms with Gasteiger partial charge in [-0.15, -0.1) is 0 Å². The summed E-state index contributed by atoms with van der Waals surface area (Å²) in [7, 11) is 0. The average Bonchev–Trinajstić information content (AvgIpc) is 3.07. The van der Waals surface area contributed by atoms with E-state index in [-0.39, 0.29) is 0 Å². The van der Waals surface area contributed by atoms with Gasteiger partial charge in [0.05, 0.1) is 12.7 Å². The zero-order valence-electron chi connectivity index (χ0n) is 13.5. The zero-order chi connectivity index (χ0) is 15.2. The van der Waals surface area contributed by atoms with Crippen LogP contribution in [0.4, 0.5) is 5.82 Å². The fraction of sp³-hybridized carbons (Fsp3) is 0.765. The lowest BCUT2D eigenvalue weighted by Gasteiger charge is -2.21. The van der Waals surface area contributed by atoms with Gasteiger partial charge in [-0.2, -0.15) is 4.98 Å². The van der Waals surface area contributed by atoms with E-state index in [9.17, 15) is 0 Å². The van der Waals surface area contributed by atoms with Gasteiger partial charge in [0.1, 0.15) is 11.6 Å². The molecule has 1 unspecified atom stereocenters. The van der Waals surface area contributed by atoms with Crippen molar-refractivity contribution < 1.29 is 9.47 Å². The summed E-state index contributed by atoms with van der Waals surface area (Å²) in [4.78, 5) is 9.36. The van der Waals surface area contributed by atoms with Crippen molar-refractivity contribution in [3.05, 3.63) is 11.9 Å². The lowest BCUT2D eigenvalue weighted by atomic mass is 9.89. The van der Waals surface area contributed by atoms with Crippen molar-refractivity contribution in [2.24, 2.45) is 0 Å². The quantitative estimate of drug-likeness (QED) is 0.871.